The van der Waals surface area contributed by atoms with Crippen molar-refractivity contribution >= 4 is 34.8 Å². The van der Waals surface area contributed by atoms with Gasteiger partial charge in [-0.2, -0.15) is 0 Å². The Hall–Kier alpha value is -7.00. The molecular formula is C47H50N8O7. The van der Waals surface area contributed by atoms with Crippen molar-refractivity contribution in [3.05, 3.63) is 121 Å². The number of nitrogens with zero attached hydrogens (tertiary/aromatic N) is 4. The lowest BCUT2D eigenvalue weighted by Gasteiger charge is -2.29. The first-order valence-electron chi connectivity index (χ1n) is 20.8. The number of imidazole rings is 2. The van der Waals surface area contributed by atoms with Gasteiger partial charge in [-0.05, 0) is 63.9 Å². The number of aliphatic hydroxyl groups is 1. The molecule has 5 N–H and O–H groups in total. The summed E-state index contributed by atoms with van der Waals surface area (Å²) in [5.74, 6) is 0.537. The van der Waals surface area contributed by atoms with Crippen LogP contribution in [0.4, 0.5) is 9.59 Å². The minimum absolute atomic E-state index is 0.134. The lowest BCUT2D eigenvalue weighted by molar-refractivity contribution is -0.136. The molecule has 320 valence electrons. The number of β-amino-alcohol motifs (C(OH)–C–C–N with tert-alkyl or cyclic N) is 1. The van der Waals surface area contributed by atoms with Gasteiger partial charge in [0.1, 0.15) is 23.7 Å². The van der Waals surface area contributed by atoms with E-state index in [4.69, 9.17) is 14.5 Å². The van der Waals surface area contributed by atoms with E-state index < -0.39 is 36.4 Å². The average molecular weight is 839 g/mol. The smallest absolute Gasteiger partial charge is 0.407 e. The van der Waals surface area contributed by atoms with Crippen molar-refractivity contribution < 1.29 is 33.8 Å². The number of nitrogens with one attached hydrogen (secondary N) is 4. The molecule has 4 aromatic carbocycles. The molecule has 2 aliphatic rings. The Morgan fingerprint density at radius 3 is 1.95 bits per heavy atom. The number of fused-ring (bicyclic) bond motifs is 1. The molecule has 0 spiro atoms. The van der Waals surface area contributed by atoms with Crippen LogP contribution in [0.1, 0.15) is 68.4 Å². The molecule has 2 saturated heterocycles. The fourth-order valence-corrected chi connectivity index (χ4v) is 8.53. The van der Waals surface area contributed by atoms with Crippen molar-refractivity contribution in [3.63, 3.8) is 0 Å². The molecule has 15 nitrogen and oxygen atoms in total. The Bertz CT molecular complexity index is 2570. The molecular weight excluding hydrogens is 789 g/mol. The van der Waals surface area contributed by atoms with Crippen molar-refractivity contribution in [1.29, 1.82) is 0 Å². The quantitative estimate of drug-likeness (QED) is 0.0908. The second kappa shape index (κ2) is 17.9. The van der Waals surface area contributed by atoms with E-state index in [1.54, 1.807) is 22.2 Å². The number of aromatic amines is 2. The number of hydrogen-bond acceptors (Lipinski definition) is 9. The standard InChI is InChI=1S/C47H50N8O7/c1-27(2)40(52-46(59)61-3)44(57)55-26-35(56)23-39(55)43-49-25-37(51-43)34-19-18-32-21-31(16-17-33(32)22-34)28-12-14-29(15-13-28)36-24-48-42(50-36)38-11-8-20-54(38)45(58)41(53-47(60)62-4)30-9-6-5-7-10-30/h5-7,9-10,12-19,21-22,24-25,27,35,38-41,56H,8,11,20,23,26H2,1-4H3,(H,48,50)(H,49,51)(H,52,59)(H,53,60)/t35-,38-,39-,40-,41+/m0/s1. The second-order valence-corrected chi connectivity index (χ2v) is 16.1. The molecule has 5 atom stereocenters. The van der Waals surface area contributed by atoms with Crippen molar-refractivity contribution in [2.45, 2.75) is 63.4 Å². The molecule has 2 aromatic heterocycles. The largest absolute Gasteiger partial charge is 0.453 e. The maximum absolute atomic E-state index is 13.9. The SMILES string of the molecule is COC(=O)N[C@H](C(=O)N1C[C@@H](O)C[C@H]1c1ncc(-c2ccc3cc(-c4ccc(-c5cnc([C@@H]6CCCN6C(=O)[C@H](NC(=O)OC)c6ccccc6)[nH]5)cc4)ccc3c2)[nH]1)C(C)C. The van der Waals surface area contributed by atoms with Crippen LogP contribution in [0.15, 0.2) is 103 Å². The molecule has 4 heterocycles. The molecule has 15 heteroatoms. The summed E-state index contributed by atoms with van der Waals surface area (Å²) in [7, 11) is 2.53. The third kappa shape index (κ3) is 8.61. The van der Waals surface area contributed by atoms with Gasteiger partial charge in [-0.1, -0.05) is 92.7 Å². The van der Waals surface area contributed by atoms with Gasteiger partial charge in [-0.3, -0.25) is 9.59 Å². The van der Waals surface area contributed by atoms with Crippen LogP contribution in [0, 0.1) is 5.92 Å². The zero-order valence-corrected chi connectivity index (χ0v) is 35.0. The highest BCUT2D eigenvalue weighted by molar-refractivity contribution is 5.91. The molecule has 8 rings (SSSR count). The molecule has 2 fully saturated rings. The van der Waals surface area contributed by atoms with E-state index in [0.29, 0.717) is 30.2 Å². The molecule has 2 aliphatic heterocycles. The number of methoxy groups -OCH3 is 2. The zero-order chi connectivity index (χ0) is 43.5. The van der Waals surface area contributed by atoms with E-state index in [1.807, 2.05) is 50.2 Å². The van der Waals surface area contributed by atoms with Crippen molar-refractivity contribution in [2.24, 2.45) is 5.92 Å². The summed E-state index contributed by atoms with van der Waals surface area (Å²) in [6.07, 6.45) is 3.32. The number of aromatic nitrogens is 4. The molecule has 4 amide bonds. The average Bonchev–Trinajstić information content (AvgIpc) is 4.14. The number of aliphatic hydroxyl groups excluding tert-OH is 1. The summed E-state index contributed by atoms with van der Waals surface area (Å²) in [5, 5.41) is 18.0. The fourth-order valence-electron chi connectivity index (χ4n) is 8.53. The van der Waals surface area contributed by atoms with Crippen molar-refractivity contribution in [3.8, 4) is 33.6 Å². The molecule has 0 aliphatic carbocycles. The van der Waals surface area contributed by atoms with Crippen molar-refractivity contribution in [2.75, 3.05) is 27.3 Å². The molecule has 0 saturated carbocycles. The Kier molecular flexibility index (Phi) is 12.1. The van der Waals surface area contributed by atoms with Crippen LogP contribution in [0.5, 0.6) is 0 Å². The van der Waals surface area contributed by atoms with Crippen LogP contribution in [-0.4, -0.2) is 98.3 Å². The summed E-state index contributed by atoms with van der Waals surface area (Å²) in [6.45, 7) is 4.37. The number of likely N-dealkylation sites (tertiary alicyclic amines) is 2. The van der Waals surface area contributed by atoms with Crippen LogP contribution in [-0.2, 0) is 19.1 Å². The monoisotopic (exact) mass is 838 g/mol. The van der Waals surface area contributed by atoms with Gasteiger partial charge in [-0.15, -0.1) is 0 Å². The first kappa shape index (κ1) is 41.7. The van der Waals surface area contributed by atoms with Gasteiger partial charge in [0.15, 0.2) is 0 Å². The highest BCUT2D eigenvalue weighted by Gasteiger charge is 2.41. The van der Waals surface area contributed by atoms with E-state index >= 15 is 0 Å². The van der Waals surface area contributed by atoms with Crippen LogP contribution >= 0.6 is 0 Å². The van der Waals surface area contributed by atoms with Gasteiger partial charge in [0.25, 0.3) is 5.91 Å². The number of amides is 4. The Morgan fingerprint density at radius 2 is 1.29 bits per heavy atom. The number of H-pyrrole nitrogens is 2. The Morgan fingerprint density at radius 1 is 0.710 bits per heavy atom. The van der Waals surface area contributed by atoms with E-state index in [9.17, 15) is 24.3 Å². The van der Waals surface area contributed by atoms with Gasteiger partial charge in [0, 0.05) is 25.1 Å². The number of carbonyl (C=O) groups excluding carboxylic acids is 4. The Labute approximate surface area is 358 Å². The van der Waals surface area contributed by atoms with E-state index in [2.05, 4.69) is 80.2 Å². The normalized spacial score (nSPS) is 18.5. The molecule has 62 heavy (non-hydrogen) atoms. The lowest BCUT2D eigenvalue weighted by Crippen LogP contribution is -2.51. The van der Waals surface area contributed by atoms with E-state index in [-0.39, 0.29) is 30.3 Å². The van der Waals surface area contributed by atoms with Crippen molar-refractivity contribution in [1.82, 2.24) is 40.4 Å². The number of alkyl carbamates (subject to hydrolysis) is 2. The van der Waals surface area contributed by atoms with Crippen LogP contribution in [0.2, 0.25) is 0 Å². The molecule has 0 radical (unpaired) electrons. The summed E-state index contributed by atoms with van der Waals surface area (Å²) in [6, 6.07) is 27.5. The highest BCUT2D eigenvalue weighted by atomic mass is 16.5. The minimum atomic E-state index is -0.888. The minimum Gasteiger partial charge on any atom is -0.453 e. The summed E-state index contributed by atoms with van der Waals surface area (Å²) >= 11 is 0. The number of hydrogen-bond donors (Lipinski definition) is 5. The number of benzene rings is 4. The summed E-state index contributed by atoms with van der Waals surface area (Å²) in [5.41, 5.74) is 6.29. The predicted molar refractivity (Wildman–Crippen MR) is 232 cm³/mol. The van der Waals surface area contributed by atoms with Crippen LogP contribution < -0.4 is 10.6 Å². The van der Waals surface area contributed by atoms with E-state index in [0.717, 1.165) is 57.3 Å². The summed E-state index contributed by atoms with van der Waals surface area (Å²) < 4.78 is 9.57. The van der Waals surface area contributed by atoms with Gasteiger partial charge in [0.05, 0.1) is 56.2 Å². The van der Waals surface area contributed by atoms with Crippen LogP contribution in [0.25, 0.3) is 44.4 Å². The topological polar surface area (TPSA) is 195 Å². The van der Waals surface area contributed by atoms with Crippen LogP contribution in [0.3, 0.4) is 0 Å². The number of carbonyl (C=O) groups is 4. The second-order valence-electron chi connectivity index (χ2n) is 16.1. The van der Waals surface area contributed by atoms with Gasteiger partial charge < -0.3 is 45.0 Å². The third-order valence-electron chi connectivity index (χ3n) is 11.8. The van der Waals surface area contributed by atoms with E-state index in [1.165, 1.54) is 14.2 Å². The number of ether oxygens (including phenoxy) is 2. The molecule has 0 unspecified atom stereocenters. The highest BCUT2D eigenvalue weighted by Crippen LogP contribution is 2.36. The maximum atomic E-state index is 13.9. The molecule has 0 bridgehead atoms. The van der Waals surface area contributed by atoms with Gasteiger partial charge in [0.2, 0.25) is 5.91 Å². The predicted octanol–water partition coefficient (Wildman–Crippen LogP) is 7.06. The number of rotatable bonds is 11. The zero-order valence-electron chi connectivity index (χ0n) is 35.0. The van der Waals surface area contributed by atoms with Gasteiger partial charge in [-0.25, -0.2) is 19.6 Å². The third-order valence-corrected chi connectivity index (χ3v) is 11.8. The fraction of sp³-hybridized carbons (Fsp3) is 0.319. The lowest BCUT2D eigenvalue weighted by atomic mass is 9.98. The Balaban J connectivity index is 0.948. The summed E-state index contributed by atoms with van der Waals surface area (Å²) in [4.78, 5) is 71.3. The van der Waals surface area contributed by atoms with Gasteiger partial charge >= 0.3 is 12.2 Å². The first-order chi connectivity index (χ1) is 30.0. The maximum Gasteiger partial charge on any atom is 0.407 e. The molecule has 6 aromatic rings. The first-order valence-corrected chi connectivity index (χ1v) is 20.8.